The van der Waals surface area contributed by atoms with Crippen LogP contribution in [0.3, 0.4) is 0 Å². The summed E-state index contributed by atoms with van der Waals surface area (Å²) < 4.78 is 0. The Hall–Kier alpha value is -0.480. The smallest absolute Gasteiger partial charge is 0.331 e. The predicted molar refractivity (Wildman–Crippen MR) is 69.0 cm³/mol. The number of thioether (sulfide) groups is 1. The van der Waals surface area contributed by atoms with Gasteiger partial charge in [-0.2, -0.15) is 11.8 Å². The summed E-state index contributed by atoms with van der Waals surface area (Å²) in [5.41, 5.74) is 0.504. The highest BCUT2D eigenvalue weighted by Crippen LogP contribution is 2.24. The van der Waals surface area contributed by atoms with Crippen molar-refractivity contribution in [3.05, 3.63) is 11.6 Å². The van der Waals surface area contributed by atoms with E-state index in [1.807, 2.05) is 18.7 Å². The molecule has 1 unspecified atom stereocenters. The number of carboxylic acid groups (broad SMARTS) is 1. The van der Waals surface area contributed by atoms with Crippen molar-refractivity contribution >= 4 is 17.7 Å². The fraction of sp³-hybridized carbons (Fsp3) is 0.750. The van der Waals surface area contributed by atoms with Gasteiger partial charge in [-0.1, -0.05) is 19.4 Å². The topological polar surface area (TPSA) is 49.3 Å². The van der Waals surface area contributed by atoms with Gasteiger partial charge in [-0.05, 0) is 25.0 Å². The fourth-order valence-corrected chi connectivity index (χ4v) is 3.06. The molecule has 0 aromatic carbocycles. The molecule has 1 rings (SSSR count). The van der Waals surface area contributed by atoms with Crippen molar-refractivity contribution in [3.63, 3.8) is 0 Å². The zero-order valence-corrected chi connectivity index (χ0v) is 10.7. The quantitative estimate of drug-likeness (QED) is 0.555. The second kappa shape index (κ2) is 7.74. The van der Waals surface area contributed by atoms with E-state index < -0.39 is 5.97 Å². The van der Waals surface area contributed by atoms with Gasteiger partial charge in [0.05, 0.1) is 0 Å². The van der Waals surface area contributed by atoms with E-state index in [-0.39, 0.29) is 0 Å². The molecule has 16 heavy (non-hydrogen) atoms. The van der Waals surface area contributed by atoms with Crippen molar-refractivity contribution < 1.29 is 9.90 Å². The van der Waals surface area contributed by atoms with Crippen LogP contribution < -0.4 is 5.32 Å². The van der Waals surface area contributed by atoms with Crippen molar-refractivity contribution in [3.8, 4) is 0 Å². The van der Waals surface area contributed by atoms with E-state index in [1.54, 1.807) is 6.08 Å². The minimum atomic E-state index is -0.795. The highest BCUT2D eigenvalue weighted by molar-refractivity contribution is 7.99. The van der Waals surface area contributed by atoms with Crippen LogP contribution in [0.4, 0.5) is 0 Å². The lowest BCUT2D eigenvalue weighted by atomic mass is 10.2. The summed E-state index contributed by atoms with van der Waals surface area (Å²) in [6.07, 6.45) is 6.36. The normalized spacial score (nSPS) is 22.1. The molecule has 92 valence electrons. The Morgan fingerprint density at radius 3 is 2.94 bits per heavy atom. The number of hydrogen-bond donors (Lipinski definition) is 2. The minimum absolute atomic E-state index is 0.504. The molecule has 1 aliphatic rings. The predicted octanol–water partition coefficient (Wildman–Crippen LogP) is 2.28. The van der Waals surface area contributed by atoms with Crippen LogP contribution >= 0.6 is 11.8 Å². The first-order valence-electron chi connectivity index (χ1n) is 5.98. The van der Waals surface area contributed by atoms with Crippen LogP contribution in [0, 0.1) is 0 Å². The maximum absolute atomic E-state index is 10.7. The second-order valence-electron chi connectivity index (χ2n) is 4.03. The van der Waals surface area contributed by atoms with Crippen LogP contribution in [-0.4, -0.2) is 35.2 Å². The average molecular weight is 243 g/mol. The van der Waals surface area contributed by atoms with Crippen LogP contribution in [0.1, 0.15) is 32.6 Å². The lowest BCUT2D eigenvalue weighted by molar-refractivity contribution is -0.132. The molecule has 0 aromatic heterocycles. The number of aliphatic carboxylic acids is 1. The first kappa shape index (κ1) is 13.6. The number of hydrogen-bond acceptors (Lipinski definition) is 3. The Kier molecular flexibility index (Phi) is 6.57. The Morgan fingerprint density at radius 2 is 2.38 bits per heavy atom. The summed E-state index contributed by atoms with van der Waals surface area (Å²) in [6.45, 7) is 3.54. The molecule has 1 fully saturated rings. The molecule has 0 radical (unpaired) electrons. The number of carbonyl (C=O) groups is 1. The van der Waals surface area contributed by atoms with E-state index in [0.717, 1.165) is 11.8 Å². The van der Waals surface area contributed by atoms with Crippen molar-refractivity contribution in [2.24, 2.45) is 0 Å². The summed E-state index contributed by atoms with van der Waals surface area (Å²) in [5, 5.41) is 12.9. The first-order chi connectivity index (χ1) is 7.74. The van der Waals surface area contributed by atoms with E-state index >= 15 is 0 Å². The molecule has 1 aliphatic heterocycles. The first-order valence-corrected chi connectivity index (χ1v) is 7.03. The Labute approximate surface area is 102 Å². The second-order valence-corrected chi connectivity index (χ2v) is 5.44. The van der Waals surface area contributed by atoms with Gasteiger partial charge in [-0.3, -0.25) is 0 Å². The van der Waals surface area contributed by atoms with Gasteiger partial charge in [0.25, 0.3) is 0 Å². The van der Waals surface area contributed by atoms with Gasteiger partial charge < -0.3 is 10.4 Å². The summed E-state index contributed by atoms with van der Waals surface area (Å²) in [6, 6.07) is 0. The van der Waals surface area contributed by atoms with Gasteiger partial charge in [0.15, 0.2) is 0 Å². The van der Waals surface area contributed by atoms with Crippen molar-refractivity contribution in [2.45, 2.75) is 37.9 Å². The molecule has 1 heterocycles. The fourth-order valence-electron chi connectivity index (χ4n) is 1.79. The zero-order chi connectivity index (χ0) is 11.8. The van der Waals surface area contributed by atoms with Crippen molar-refractivity contribution in [1.82, 2.24) is 5.32 Å². The molecule has 0 spiro atoms. The van der Waals surface area contributed by atoms with Crippen LogP contribution in [0.2, 0.25) is 0 Å². The standard InChI is InChI=1S/C12H21NO2S/c1-2-10(12(14)15)6-7-13-9-11-5-3-4-8-16-11/h6,11,13H,2-5,7-9H2,1H3,(H,14,15). The van der Waals surface area contributed by atoms with Gasteiger partial charge >= 0.3 is 5.97 Å². The Morgan fingerprint density at radius 1 is 1.56 bits per heavy atom. The van der Waals surface area contributed by atoms with Gasteiger partial charge in [-0.25, -0.2) is 4.79 Å². The van der Waals surface area contributed by atoms with Gasteiger partial charge in [-0.15, -0.1) is 0 Å². The third kappa shape index (κ3) is 5.03. The molecular formula is C12H21NO2S. The average Bonchev–Trinajstić information content (AvgIpc) is 2.30. The lowest BCUT2D eigenvalue weighted by Gasteiger charge is -2.21. The lowest BCUT2D eigenvalue weighted by Crippen LogP contribution is -2.27. The third-order valence-electron chi connectivity index (χ3n) is 2.79. The molecule has 0 aromatic rings. The molecule has 0 saturated carbocycles. The Balaban J connectivity index is 2.16. The molecule has 1 saturated heterocycles. The van der Waals surface area contributed by atoms with Crippen LogP contribution in [0.5, 0.6) is 0 Å². The van der Waals surface area contributed by atoms with Gasteiger partial charge in [0.1, 0.15) is 0 Å². The van der Waals surface area contributed by atoms with Crippen molar-refractivity contribution in [1.29, 1.82) is 0 Å². The summed E-state index contributed by atoms with van der Waals surface area (Å²) in [5.74, 6) is 0.480. The summed E-state index contributed by atoms with van der Waals surface area (Å²) in [7, 11) is 0. The zero-order valence-electron chi connectivity index (χ0n) is 9.87. The van der Waals surface area contributed by atoms with E-state index in [9.17, 15) is 4.79 Å². The molecule has 0 bridgehead atoms. The SMILES string of the molecule is CCC(=CCNCC1CCCCS1)C(=O)O. The van der Waals surface area contributed by atoms with Crippen LogP contribution in [0.25, 0.3) is 0 Å². The van der Waals surface area contributed by atoms with Gasteiger partial charge in [0.2, 0.25) is 0 Å². The Bertz CT molecular complexity index is 247. The highest BCUT2D eigenvalue weighted by Gasteiger charge is 2.12. The van der Waals surface area contributed by atoms with Crippen LogP contribution in [-0.2, 0) is 4.79 Å². The largest absolute Gasteiger partial charge is 0.478 e. The van der Waals surface area contributed by atoms with E-state index in [2.05, 4.69) is 5.32 Å². The van der Waals surface area contributed by atoms with E-state index in [0.29, 0.717) is 18.5 Å². The van der Waals surface area contributed by atoms with E-state index in [1.165, 1.54) is 25.0 Å². The molecule has 3 nitrogen and oxygen atoms in total. The molecule has 2 N–H and O–H groups in total. The number of nitrogens with one attached hydrogen (secondary N) is 1. The molecule has 4 heteroatoms. The minimum Gasteiger partial charge on any atom is -0.478 e. The van der Waals surface area contributed by atoms with E-state index in [4.69, 9.17) is 5.11 Å². The third-order valence-corrected chi connectivity index (χ3v) is 4.19. The number of rotatable bonds is 6. The maximum Gasteiger partial charge on any atom is 0.331 e. The summed E-state index contributed by atoms with van der Waals surface area (Å²) in [4.78, 5) is 10.7. The van der Waals surface area contributed by atoms with Crippen LogP contribution in [0.15, 0.2) is 11.6 Å². The monoisotopic (exact) mass is 243 g/mol. The van der Waals surface area contributed by atoms with Crippen molar-refractivity contribution in [2.75, 3.05) is 18.8 Å². The summed E-state index contributed by atoms with van der Waals surface area (Å²) >= 11 is 2.03. The highest BCUT2D eigenvalue weighted by atomic mass is 32.2. The molecular weight excluding hydrogens is 222 g/mol. The molecule has 0 amide bonds. The molecule has 0 aliphatic carbocycles. The van der Waals surface area contributed by atoms with Gasteiger partial charge in [0, 0.05) is 23.9 Å². The number of carboxylic acids is 1. The maximum atomic E-state index is 10.7. The molecule has 1 atom stereocenters.